The topological polar surface area (TPSA) is 39.7 Å². The average Bonchev–Trinajstić information content (AvgIpc) is 2.67. The van der Waals surface area contributed by atoms with E-state index in [9.17, 15) is 0 Å². The van der Waals surface area contributed by atoms with Crippen molar-refractivity contribution < 1.29 is 14.2 Å². The molecule has 0 radical (unpaired) electrons. The summed E-state index contributed by atoms with van der Waals surface area (Å²) in [5.41, 5.74) is 1.16. The Hall–Kier alpha value is -1.26. The van der Waals surface area contributed by atoms with E-state index in [1.165, 1.54) is 0 Å². The molecule has 0 spiro atoms. The second-order valence-corrected chi connectivity index (χ2v) is 4.32. The van der Waals surface area contributed by atoms with Gasteiger partial charge < -0.3 is 19.5 Å². The predicted octanol–water partition coefficient (Wildman–Crippen LogP) is 1.51. The maximum atomic E-state index is 5.82. The largest absolute Gasteiger partial charge is 0.486 e. The molecule has 1 fully saturated rings. The van der Waals surface area contributed by atoms with Gasteiger partial charge >= 0.3 is 0 Å². The summed E-state index contributed by atoms with van der Waals surface area (Å²) >= 11 is 0. The van der Waals surface area contributed by atoms with Crippen LogP contribution in [0.1, 0.15) is 18.1 Å². The molecule has 1 atom stereocenters. The van der Waals surface area contributed by atoms with Crippen LogP contribution in [-0.4, -0.2) is 32.9 Å². The van der Waals surface area contributed by atoms with Crippen molar-refractivity contribution in [2.75, 3.05) is 32.9 Å². The van der Waals surface area contributed by atoms with Gasteiger partial charge in [0.1, 0.15) is 13.2 Å². The Balaban J connectivity index is 1.82. The first-order valence-electron chi connectivity index (χ1n) is 6.15. The van der Waals surface area contributed by atoms with Crippen LogP contribution >= 0.6 is 0 Å². The zero-order chi connectivity index (χ0) is 11.5. The zero-order valence-electron chi connectivity index (χ0n) is 9.78. The third-order valence-electron chi connectivity index (χ3n) is 3.08. The van der Waals surface area contributed by atoms with E-state index in [1.54, 1.807) is 0 Å². The van der Waals surface area contributed by atoms with Gasteiger partial charge in [0, 0.05) is 13.2 Å². The number of nitrogens with one attached hydrogen (secondary N) is 1. The minimum Gasteiger partial charge on any atom is -0.486 e. The molecule has 0 saturated carbocycles. The molecule has 17 heavy (non-hydrogen) atoms. The van der Waals surface area contributed by atoms with Crippen molar-refractivity contribution in [1.29, 1.82) is 0 Å². The third kappa shape index (κ3) is 2.37. The SMILES string of the molecule is c1cc2c(cc1C1CNCCCO1)OCCO2. The Labute approximate surface area is 101 Å². The predicted molar refractivity (Wildman–Crippen MR) is 63.6 cm³/mol. The summed E-state index contributed by atoms with van der Waals surface area (Å²) in [5, 5.41) is 3.38. The van der Waals surface area contributed by atoms with E-state index in [4.69, 9.17) is 14.2 Å². The van der Waals surface area contributed by atoms with Gasteiger partial charge in [-0.25, -0.2) is 0 Å². The van der Waals surface area contributed by atoms with E-state index < -0.39 is 0 Å². The fraction of sp³-hybridized carbons (Fsp3) is 0.538. The standard InChI is InChI=1S/C13H17NO3/c1-4-14-9-13(15-5-1)10-2-3-11-12(8-10)17-7-6-16-11/h2-3,8,13-14H,1,4-7,9H2. The highest BCUT2D eigenvalue weighted by molar-refractivity contribution is 5.44. The van der Waals surface area contributed by atoms with Crippen LogP contribution in [0.3, 0.4) is 0 Å². The fourth-order valence-electron chi connectivity index (χ4n) is 2.19. The lowest BCUT2D eigenvalue weighted by Gasteiger charge is -2.21. The summed E-state index contributed by atoms with van der Waals surface area (Å²) in [6, 6.07) is 6.06. The molecule has 2 heterocycles. The monoisotopic (exact) mass is 235 g/mol. The Bertz CT molecular complexity index is 386. The molecule has 0 aliphatic carbocycles. The normalized spacial score (nSPS) is 24.1. The number of fused-ring (bicyclic) bond motifs is 1. The number of rotatable bonds is 1. The zero-order valence-corrected chi connectivity index (χ0v) is 9.78. The quantitative estimate of drug-likeness (QED) is 0.801. The van der Waals surface area contributed by atoms with Crippen molar-refractivity contribution in [3.8, 4) is 11.5 Å². The van der Waals surface area contributed by atoms with E-state index >= 15 is 0 Å². The van der Waals surface area contributed by atoms with Gasteiger partial charge in [-0.15, -0.1) is 0 Å². The first-order chi connectivity index (χ1) is 8.43. The molecule has 92 valence electrons. The highest BCUT2D eigenvalue weighted by Gasteiger charge is 2.18. The lowest BCUT2D eigenvalue weighted by molar-refractivity contribution is 0.0664. The van der Waals surface area contributed by atoms with Crippen LogP contribution in [0, 0.1) is 0 Å². The maximum Gasteiger partial charge on any atom is 0.161 e. The van der Waals surface area contributed by atoms with Gasteiger partial charge in [0.15, 0.2) is 11.5 Å². The average molecular weight is 235 g/mol. The minimum atomic E-state index is 0.119. The van der Waals surface area contributed by atoms with Crippen LogP contribution in [-0.2, 0) is 4.74 Å². The Morgan fingerprint density at radius 3 is 2.88 bits per heavy atom. The van der Waals surface area contributed by atoms with Gasteiger partial charge in [-0.2, -0.15) is 0 Å². The molecule has 3 rings (SSSR count). The van der Waals surface area contributed by atoms with Gasteiger partial charge in [0.05, 0.1) is 6.10 Å². The fourth-order valence-corrected chi connectivity index (χ4v) is 2.19. The summed E-state index contributed by atoms with van der Waals surface area (Å²) < 4.78 is 16.9. The van der Waals surface area contributed by atoms with Gasteiger partial charge in [0.25, 0.3) is 0 Å². The van der Waals surface area contributed by atoms with Crippen LogP contribution in [0.4, 0.5) is 0 Å². The molecule has 1 N–H and O–H groups in total. The Morgan fingerprint density at radius 2 is 1.94 bits per heavy atom. The van der Waals surface area contributed by atoms with Crippen LogP contribution in [0.2, 0.25) is 0 Å². The van der Waals surface area contributed by atoms with Gasteiger partial charge in [-0.05, 0) is 30.7 Å². The smallest absolute Gasteiger partial charge is 0.161 e. The number of hydrogen-bond donors (Lipinski definition) is 1. The molecule has 0 amide bonds. The van der Waals surface area contributed by atoms with Crippen molar-refractivity contribution in [2.24, 2.45) is 0 Å². The number of benzene rings is 1. The summed E-state index contributed by atoms with van der Waals surface area (Å²) in [6.45, 7) is 3.96. The Kier molecular flexibility index (Phi) is 3.16. The molecule has 1 aromatic carbocycles. The van der Waals surface area contributed by atoms with Crippen LogP contribution in [0.5, 0.6) is 11.5 Å². The minimum absolute atomic E-state index is 0.119. The van der Waals surface area contributed by atoms with Crippen molar-refractivity contribution in [2.45, 2.75) is 12.5 Å². The lowest BCUT2D eigenvalue weighted by Crippen LogP contribution is -2.20. The van der Waals surface area contributed by atoms with Crippen molar-refractivity contribution in [1.82, 2.24) is 5.32 Å². The Morgan fingerprint density at radius 1 is 1.06 bits per heavy atom. The van der Waals surface area contributed by atoms with Crippen LogP contribution < -0.4 is 14.8 Å². The van der Waals surface area contributed by atoms with Crippen molar-refractivity contribution >= 4 is 0 Å². The summed E-state index contributed by atoms with van der Waals surface area (Å²) in [4.78, 5) is 0. The summed E-state index contributed by atoms with van der Waals surface area (Å²) in [7, 11) is 0. The molecule has 2 aliphatic heterocycles. The van der Waals surface area contributed by atoms with E-state index in [0.717, 1.165) is 43.2 Å². The molecule has 1 unspecified atom stereocenters. The van der Waals surface area contributed by atoms with Crippen molar-refractivity contribution in [3.05, 3.63) is 23.8 Å². The molecular weight excluding hydrogens is 218 g/mol. The van der Waals surface area contributed by atoms with Gasteiger partial charge in [-0.1, -0.05) is 6.07 Å². The van der Waals surface area contributed by atoms with Gasteiger partial charge in [-0.3, -0.25) is 0 Å². The molecule has 2 aliphatic rings. The number of ether oxygens (including phenoxy) is 3. The summed E-state index contributed by atoms with van der Waals surface area (Å²) in [6.07, 6.45) is 1.19. The molecular formula is C13H17NO3. The second kappa shape index (κ2) is 4.94. The van der Waals surface area contributed by atoms with E-state index in [2.05, 4.69) is 11.4 Å². The van der Waals surface area contributed by atoms with Crippen molar-refractivity contribution in [3.63, 3.8) is 0 Å². The molecule has 1 aromatic rings. The van der Waals surface area contributed by atoms with Gasteiger partial charge in [0.2, 0.25) is 0 Å². The second-order valence-electron chi connectivity index (χ2n) is 4.32. The van der Waals surface area contributed by atoms with Crippen LogP contribution in [0.25, 0.3) is 0 Å². The van der Waals surface area contributed by atoms with Crippen LogP contribution in [0.15, 0.2) is 18.2 Å². The molecule has 1 saturated heterocycles. The molecule has 4 nitrogen and oxygen atoms in total. The van der Waals surface area contributed by atoms with E-state index in [0.29, 0.717) is 13.2 Å². The van der Waals surface area contributed by atoms with E-state index in [1.807, 2.05) is 12.1 Å². The maximum absolute atomic E-state index is 5.82. The highest BCUT2D eigenvalue weighted by atomic mass is 16.6. The summed E-state index contributed by atoms with van der Waals surface area (Å²) in [5.74, 6) is 1.67. The first kappa shape index (κ1) is 10.9. The highest BCUT2D eigenvalue weighted by Crippen LogP contribution is 2.33. The number of hydrogen-bond acceptors (Lipinski definition) is 4. The van der Waals surface area contributed by atoms with E-state index in [-0.39, 0.29) is 6.10 Å². The molecule has 4 heteroatoms. The third-order valence-corrected chi connectivity index (χ3v) is 3.08. The lowest BCUT2D eigenvalue weighted by atomic mass is 10.1. The first-order valence-corrected chi connectivity index (χ1v) is 6.15. The molecule has 0 aromatic heterocycles. The molecule has 0 bridgehead atoms.